The molecule has 2 aromatic carbocycles. The predicted octanol–water partition coefficient (Wildman–Crippen LogP) is 5.52. The fourth-order valence-corrected chi connectivity index (χ4v) is 2.53. The number of carbonyl (C=O) groups excluding carboxylic acids is 1. The molecule has 1 atom stereocenters. The van der Waals surface area contributed by atoms with E-state index in [0.29, 0.717) is 17.1 Å². The molecule has 2 aromatic rings. The number of amides is 1. The second-order valence-corrected chi connectivity index (χ2v) is 6.66. The largest absolute Gasteiger partial charge is 0.480 e. The van der Waals surface area contributed by atoms with Crippen LogP contribution in [-0.4, -0.2) is 12.0 Å². The van der Waals surface area contributed by atoms with Crippen molar-refractivity contribution in [3.63, 3.8) is 0 Å². The first kappa shape index (κ1) is 17.8. The third kappa shape index (κ3) is 4.72. The maximum atomic E-state index is 12.4. The van der Waals surface area contributed by atoms with Gasteiger partial charge in [0.15, 0.2) is 6.10 Å². The molecule has 0 aliphatic carbocycles. The van der Waals surface area contributed by atoms with E-state index in [9.17, 15) is 4.79 Å². The first-order valence-corrected chi connectivity index (χ1v) is 8.57. The van der Waals surface area contributed by atoms with Crippen LogP contribution in [-0.2, 0) is 4.79 Å². The summed E-state index contributed by atoms with van der Waals surface area (Å²) in [5.41, 5.74) is 2.75. The molecule has 0 saturated heterocycles. The smallest absolute Gasteiger partial charge is 0.265 e. The van der Waals surface area contributed by atoms with E-state index >= 15 is 0 Å². The lowest BCUT2D eigenvalue weighted by Crippen LogP contribution is -2.32. The van der Waals surface area contributed by atoms with Crippen molar-refractivity contribution in [3.8, 4) is 5.75 Å². The second-order valence-electron chi connectivity index (χ2n) is 5.40. The molecule has 0 aromatic heterocycles. The van der Waals surface area contributed by atoms with Crippen LogP contribution >= 0.6 is 27.5 Å². The van der Waals surface area contributed by atoms with Crippen molar-refractivity contribution in [2.45, 2.75) is 33.3 Å². The van der Waals surface area contributed by atoms with Crippen LogP contribution in [0.5, 0.6) is 5.75 Å². The first-order chi connectivity index (χ1) is 10.9. The van der Waals surface area contributed by atoms with Gasteiger partial charge in [-0.25, -0.2) is 0 Å². The third-order valence-corrected chi connectivity index (χ3v) is 4.70. The topological polar surface area (TPSA) is 38.3 Å². The summed E-state index contributed by atoms with van der Waals surface area (Å²) >= 11 is 9.38. The van der Waals surface area contributed by atoms with Gasteiger partial charge in [-0.2, -0.15) is 0 Å². The first-order valence-electron chi connectivity index (χ1n) is 7.40. The SMILES string of the molecule is CC[C@@H](Oc1cc(C)ccc1C)C(=O)Nc1ccc(Br)c(Cl)c1. The molecular formula is C18H19BrClNO2. The molecule has 0 heterocycles. The van der Waals surface area contributed by atoms with Gasteiger partial charge < -0.3 is 10.1 Å². The molecule has 2 rings (SSSR count). The molecule has 0 unspecified atom stereocenters. The molecule has 0 saturated carbocycles. The Morgan fingerprint density at radius 3 is 2.65 bits per heavy atom. The number of hydrogen-bond acceptors (Lipinski definition) is 2. The zero-order valence-electron chi connectivity index (χ0n) is 13.3. The van der Waals surface area contributed by atoms with Crippen LogP contribution in [0.25, 0.3) is 0 Å². The lowest BCUT2D eigenvalue weighted by Gasteiger charge is -2.19. The van der Waals surface area contributed by atoms with Gasteiger partial charge in [0.2, 0.25) is 0 Å². The average Bonchev–Trinajstić information content (AvgIpc) is 2.51. The second kappa shape index (κ2) is 7.84. The van der Waals surface area contributed by atoms with E-state index < -0.39 is 6.10 Å². The zero-order valence-corrected chi connectivity index (χ0v) is 15.7. The Hall–Kier alpha value is -1.52. The number of carbonyl (C=O) groups is 1. The van der Waals surface area contributed by atoms with Crippen LogP contribution in [0.3, 0.4) is 0 Å². The molecule has 3 nitrogen and oxygen atoms in total. The highest BCUT2D eigenvalue weighted by Crippen LogP contribution is 2.26. The Morgan fingerprint density at radius 2 is 2.00 bits per heavy atom. The summed E-state index contributed by atoms with van der Waals surface area (Å²) in [5.74, 6) is 0.549. The molecule has 23 heavy (non-hydrogen) atoms. The van der Waals surface area contributed by atoms with Gasteiger partial charge in [0.25, 0.3) is 5.91 Å². The van der Waals surface area contributed by atoms with E-state index in [4.69, 9.17) is 16.3 Å². The van der Waals surface area contributed by atoms with Crippen LogP contribution in [0.4, 0.5) is 5.69 Å². The normalized spacial score (nSPS) is 11.9. The van der Waals surface area contributed by atoms with Crippen LogP contribution in [0.15, 0.2) is 40.9 Å². The summed E-state index contributed by atoms with van der Waals surface area (Å²) in [5, 5.41) is 3.39. The third-order valence-electron chi connectivity index (χ3n) is 3.46. The number of ether oxygens (including phenoxy) is 1. The molecule has 0 spiro atoms. The minimum atomic E-state index is -0.557. The summed E-state index contributed by atoms with van der Waals surface area (Å²) in [6.45, 7) is 5.88. The summed E-state index contributed by atoms with van der Waals surface area (Å²) in [7, 11) is 0. The number of anilines is 1. The Balaban J connectivity index is 2.11. The number of hydrogen-bond donors (Lipinski definition) is 1. The van der Waals surface area contributed by atoms with E-state index in [-0.39, 0.29) is 5.91 Å². The summed E-state index contributed by atoms with van der Waals surface area (Å²) in [6.07, 6.45) is 0.0154. The molecule has 1 amide bonds. The summed E-state index contributed by atoms with van der Waals surface area (Å²) in [4.78, 5) is 12.4. The molecule has 122 valence electrons. The van der Waals surface area contributed by atoms with Crippen molar-refractivity contribution >= 4 is 39.1 Å². The monoisotopic (exact) mass is 395 g/mol. The van der Waals surface area contributed by atoms with Crippen LogP contribution < -0.4 is 10.1 Å². The fraction of sp³-hybridized carbons (Fsp3) is 0.278. The summed E-state index contributed by atoms with van der Waals surface area (Å²) in [6, 6.07) is 11.2. The molecule has 0 aliphatic rings. The highest BCUT2D eigenvalue weighted by molar-refractivity contribution is 9.10. The minimum absolute atomic E-state index is 0.188. The Labute approximate surface area is 150 Å². The Bertz CT molecular complexity index is 718. The lowest BCUT2D eigenvalue weighted by molar-refractivity contribution is -0.122. The number of aryl methyl sites for hydroxylation is 2. The molecule has 1 N–H and O–H groups in total. The van der Waals surface area contributed by atoms with E-state index in [2.05, 4.69) is 21.2 Å². The highest BCUT2D eigenvalue weighted by Gasteiger charge is 2.19. The molecule has 0 aliphatic heterocycles. The standard InChI is InChI=1S/C18H19BrClNO2/c1-4-16(23-17-9-11(2)5-6-12(17)3)18(22)21-13-7-8-14(19)15(20)10-13/h5-10,16H,4H2,1-3H3,(H,21,22)/t16-/m1/s1. The maximum absolute atomic E-state index is 12.4. The lowest BCUT2D eigenvalue weighted by atomic mass is 10.1. The van der Waals surface area contributed by atoms with Gasteiger partial charge in [0.05, 0.1) is 5.02 Å². The molecule has 0 fully saturated rings. The molecule has 0 radical (unpaired) electrons. The van der Waals surface area contributed by atoms with Crippen molar-refractivity contribution < 1.29 is 9.53 Å². The van der Waals surface area contributed by atoms with E-state index in [1.54, 1.807) is 18.2 Å². The predicted molar refractivity (Wildman–Crippen MR) is 98.4 cm³/mol. The number of halogens is 2. The fourth-order valence-electron chi connectivity index (χ4n) is 2.11. The van der Waals surface area contributed by atoms with Crippen molar-refractivity contribution in [2.75, 3.05) is 5.32 Å². The Morgan fingerprint density at radius 1 is 1.26 bits per heavy atom. The van der Waals surface area contributed by atoms with E-state index in [1.165, 1.54) is 0 Å². The van der Waals surface area contributed by atoms with Gasteiger partial charge in [0.1, 0.15) is 5.75 Å². The van der Waals surface area contributed by atoms with Crippen LogP contribution in [0.1, 0.15) is 24.5 Å². The summed E-state index contributed by atoms with van der Waals surface area (Å²) < 4.78 is 6.70. The van der Waals surface area contributed by atoms with Crippen LogP contribution in [0.2, 0.25) is 5.02 Å². The van der Waals surface area contributed by atoms with Gasteiger partial charge in [-0.1, -0.05) is 30.7 Å². The quantitative estimate of drug-likeness (QED) is 0.723. The van der Waals surface area contributed by atoms with Crippen molar-refractivity contribution in [1.29, 1.82) is 0 Å². The molecule has 0 bridgehead atoms. The van der Waals surface area contributed by atoms with Crippen molar-refractivity contribution in [3.05, 3.63) is 57.0 Å². The van der Waals surface area contributed by atoms with Gasteiger partial charge in [-0.15, -0.1) is 0 Å². The minimum Gasteiger partial charge on any atom is -0.480 e. The van der Waals surface area contributed by atoms with Crippen LogP contribution in [0, 0.1) is 13.8 Å². The van der Waals surface area contributed by atoms with Gasteiger partial charge in [-0.3, -0.25) is 4.79 Å². The van der Waals surface area contributed by atoms with Gasteiger partial charge in [0, 0.05) is 10.2 Å². The van der Waals surface area contributed by atoms with E-state index in [1.807, 2.05) is 39.0 Å². The molecule has 5 heteroatoms. The maximum Gasteiger partial charge on any atom is 0.265 e. The van der Waals surface area contributed by atoms with E-state index in [0.717, 1.165) is 21.3 Å². The van der Waals surface area contributed by atoms with Gasteiger partial charge >= 0.3 is 0 Å². The highest BCUT2D eigenvalue weighted by atomic mass is 79.9. The number of benzene rings is 2. The number of rotatable bonds is 5. The van der Waals surface area contributed by atoms with Gasteiger partial charge in [-0.05, 0) is 71.6 Å². The average molecular weight is 397 g/mol. The Kier molecular flexibility index (Phi) is 6.08. The zero-order chi connectivity index (χ0) is 17.0. The van der Waals surface area contributed by atoms with Crippen molar-refractivity contribution in [1.82, 2.24) is 0 Å². The molecular weight excluding hydrogens is 378 g/mol. The number of nitrogens with one attached hydrogen (secondary N) is 1. The van der Waals surface area contributed by atoms with Crippen molar-refractivity contribution in [2.24, 2.45) is 0 Å².